The Morgan fingerprint density at radius 1 is 0.897 bits per heavy atom. The van der Waals surface area contributed by atoms with Crippen molar-refractivity contribution in [2.45, 2.75) is 12.7 Å². The minimum atomic E-state index is -4.65. The van der Waals surface area contributed by atoms with E-state index in [2.05, 4.69) is 9.97 Å². The summed E-state index contributed by atoms with van der Waals surface area (Å²) in [5.74, 6) is 0.317. The van der Waals surface area contributed by atoms with Gasteiger partial charge in [0.15, 0.2) is 11.5 Å². The van der Waals surface area contributed by atoms with Crippen molar-refractivity contribution in [2.24, 2.45) is 0 Å². The minimum Gasteiger partial charge on any atom is -0.493 e. The van der Waals surface area contributed by atoms with E-state index in [0.717, 1.165) is 0 Å². The van der Waals surface area contributed by atoms with Crippen molar-refractivity contribution < 1.29 is 27.4 Å². The summed E-state index contributed by atoms with van der Waals surface area (Å²) in [6.07, 6.45) is -4.65. The number of aromatic nitrogens is 2. The average Bonchev–Trinajstić information content (AvgIpc) is 2.71. The van der Waals surface area contributed by atoms with Gasteiger partial charge in [-0.15, -0.1) is 0 Å². The van der Waals surface area contributed by atoms with Crippen LogP contribution in [0, 0.1) is 0 Å². The Labute approximate surface area is 165 Å². The molecule has 0 aliphatic heterocycles. The molecule has 2 aromatic carbocycles. The minimum absolute atomic E-state index is 0.166. The van der Waals surface area contributed by atoms with Crippen molar-refractivity contribution in [2.75, 3.05) is 33.3 Å². The first kappa shape index (κ1) is 20.5. The zero-order chi connectivity index (χ0) is 21.2. The average molecular weight is 407 g/mol. The Morgan fingerprint density at radius 3 is 2.21 bits per heavy atom. The van der Waals surface area contributed by atoms with Crippen LogP contribution in [0.25, 0.3) is 10.9 Å². The van der Waals surface area contributed by atoms with Crippen LogP contribution in [0.4, 0.5) is 19.0 Å². The molecule has 1 aromatic heterocycles. The van der Waals surface area contributed by atoms with Gasteiger partial charge < -0.3 is 19.1 Å². The predicted molar refractivity (Wildman–Crippen MR) is 103 cm³/mol. The number of hydrogen-bond donors (Lipinski definition) is 0. The second-order valence-corrected chi connectivity index (χ2v) is 6.24. The number of benzene rings is 2. The summed E-state index contributed by atoms with van der Waals surface area (Å²) in [5.41, 5.74) is 0.917. The highest BCUT2D eigenvalue weighted by Gasteiger charge is 2.36. The molecule has 0 unspecified atom stereocenters. The molecule has 9 heteroatoms. The van der Waals surface area contributed by atoms with Crippen molar-refractivity contribution in [1.29, 1.82) is 0 Å². The zero-order valence-corrected chi connectivity index (χ0v) is 16.4. The lowest BCUT2D eigenvalue weighted by molar-refractivity contribution is -0.144. The van der Waals surface area contributed by atoms with Crippen LogP contribution in [0.1, 0.15) is 11.4 Å². The molecule has 0 spiro atoms. The van der Waals surface area contributed by atoms with Gasteiger partial charge in [0.2, 0.25) is 11.6 Å². The van der Waals surface area contributed by atoms with E-state index >= 15 is 0 Å². The van der Waals surface area contributed by atoms with Gasteiger partial charge in [-0.25, -0.2) is 9.97 Å². The monoisotopic (exact) mass is 407 g/mol. The van der Waals surface area contributed by atoms with Crippen molar-refractivity contribution in [1.82, 2.24) is 9.97 Å². The number of ether oxygens (including phenoxy) is 3. The summed E-state index contributed by atoms with van der Waals surface area (Å²) in [4.78, 5) is 9.06. The molecule has 0 saturated carbocycles. The summed E-state index contributed by atoms with van der Waals surface area (Å²) >= 11 is 0. The van der Waals surface area contributed by atoms with Crippen LogP contribution in [0.3, 0.4) is 0 Å². The van der Waals surface area contributed by atoms with Crippen molar-refractivity contribution >= 4 is 16.7 Å². The van der Waals surface area contributed by atoms with Crippen LogP contribution >= 0.6 is 0 Å². The summed E-state index contributed by atoms with van der Waals surface area (Å²) in [6.45, 7) is 0.224. The summed E-state index contributed by atoms with van der Waals surface area (Å²) in [5, 5.41) is 0.516. The maximum absolute atomic E-state index is 13.3. The zero-order valence-electron chi connectivity index (χ0n) is 16.4. The number of hydrogen-bond acceptors (Lipinski definition) is 6. The summed E-state index contributed by atoms with van der Waals surface area (Å²) in [7, 11) is 6.14. The molecule has 3 aromatic rings. The standard InChI is InChI=1S/C20H20F3N3O3/c1-26(11-12-9-10-15(27-2)17(29-4)16(12)28-3)18-13-7-5-6-8-14(13)24-19(25-18)20(21,22)23/h5-10H,11H2,1-4H3. The topological polar surface area (TPSA) is 56.7 Å². The van der Waals surface area contributed by atoms with Gasteiger partial charge in [-0.05, 0) is 24.3 Å². The first-order chi connectivity index (χ1) is 13.8. The Kier molecular flexibility index (Phi) is 5.67. The molecule has 0 radical (unpaired) electrons. The van der Waals surface area contributed by atoms with Gasteiger partial charge in [-0.2, -0.15) is 13.2 Å². The molecule has 0 N–H and O–H groups in total. The Morgan fingerprint density at radius 2 is 1.59 bits per heavy atom. The lowest BCUT2D eigenvalue weighted by Crippen LogP contribution is -2.21. The second kappa shape index (κ2) is 8.02. The van der Waals surface area contributed by atoms with E-state index in [4.69, 9.17) is 14.2 Å². The third-order valence-electron chi connectivity index (χ3n) is 4.39. The number of halogens is 3. The fourth-order valence-corrected chi connectivity index (χ4v) is 3.10. The van der Waals surface area contributed by atoms with Gasteiger partial charge in [0, 0.05) is 24.5 Å². The number of anilines is 1. The van der Waals surface area contributed by atoms with Gasteiger partial charge >= 0.3 is 6.18 Å². The van der Waals surface area contributed by atoms with Crippen LogP contribution in [0.5, 0.6) is 17.2 Å². The fraction of sp³-hybridized carbons (Fsp3) is 0.300. The molecule has 0 aliphatic carbocycles. The maximum Gasteiger partial charge on any atom is 0.451 e. The fourth-order valence-electron chi connectivity index (χ4n) is 3.10. The van der Waals surface area contributed by atoms with E-state index in [1.54, 1.807) is 42.3 Å². The molecule has 1 heterocycles. The first-order valence-electron chi connectivity index (χ1n) is 8.63. The summed E-state index contributed by atoms with van der Waals surface area (Å²) in [6, 6.07) is 10.1. The molecule has 0 atom stereocenters. The number of alkyl halides is 3. The van der Waals surface area contributed by atoms with Crippen LogP contribution in [0.15, 0.2) is 36.4 Å². The molecular weight excluding hydrogens is 387 g/mol. The van der Waals surface area contributed by atoms with Gasteiger partial charge in [0.25, 0.3) is 0 Å². The van der Waals surface area contributed by atoms with E-state index in [1.165, 1.54) is 27.4 Å². The molecule has 0 amide bonds. The van der Waals surface area contributed by atoms with Crippen molar-refractivity contribution in [3.8, 4) is 17.2 Å². The van der Waals surface area contributed by atoms with Gasteiger partial charge in [-0.3, -0.25) is 0 Å². The lowest BCUT2D eigenvalue weighted by Gasteiger charge is -2.23. The van der Waals surface area contributed by atoms with E-state index in [9.17, 15) is 13.2 Å². The highest BCUT2D eigenvalue weighted by molar-refractivity contribution is 5.89. The van der Waals surface area contributed by atoms with Gasteiger partial charge in [-0.1, -0.05) is 12.1 Å². The highest BCUT2D eigenvalue weighted by atomic mass is 19.4. The second-order valence-electron chi connectivity index (χ2n) is 6.24. The molecule has 0 bridgehead atoms. The number of nitrogens with zero attached hydrogens (tertiary/aromatic N) is 3. The van der Waals surface area contributed by atoms with Gasteiger partial charge in [0.1, 0.15) is 5.82 Å². The first-order valence-corrected chi connectivity index (χ1v) is 8.63. The van der Waals surface area contributed by atoms with E-state index < -0.39 is 12.0 Å². The molecule has 154 valence electrons. The molecule has 6 nitrogen and oxygen atoms in total. The molecule has 0 fully saturated rings. The number of para-hydroxylation sites is 1. The molecule has 0 aliphatic rings. The Hall–Kier alpha value is -3.23. The molecule has 3 rings (SSSR count). The van der Waals surface area contributed by atoms with Crippen molar-refractivity contribution in [3.63, 3.8) is 0 Å². The molecule has 29 heavy (non-hydrogen) atoms. The summed E-state index contributed by atoms with van der Waals surface area (Å²) < 4.78 is 56.0. The smallest absolute Gasteiger partial charge is 0.451 e. The quantitative estimate of drug-likeness (QED) is 0.607. The third-order valence-corrected chi connectivity index (χ3v) is 4.39. The largest absolute Gasteiger partial charge is 0.493 e. The maximum atomic E-state index is 13.3. The molecular formula is C20H20F3N3O3. The van der Waals surface area contributed by atoms with Crippen molar-refractivity contribution in [3.05, 3.63) is 47.8 Å². The van der Waals surface area contributed by atoms with E-state index in [0.29, 0.717) is 28.2 Å². The molecule has 0 saturated heterocycles. The van der Waals surface area contributed by atoms with Crippen LogP contribution in [-0.2, 0) is 12.7 Å². The predicted octanol–water partition coefficient (Wildman–Crippen LogP) is 4.31. The number of fused-ring (bicyclic) bond motifs is 1. The van der Waals surface area contributed by atoms with Crippen LogP contribution in [0.2, 0.25) is 0 Å². The third kappa shape index (κ3) is 3.98. The SMILES string of the molecule is COc1ccc(CN(C)c2nc(C(F)(F)F)nc3ccccc23)c(OC)c1OC. The van der Waals surface area contributed by atoms with E-state index in [1.807, 2.05) is 0 Å². The normalized spacial score (nSPS) is 11.4. The Balaban J connectivity index is 2.08. The Bertz CT molecular complexity index is 1030. The van der Waals surface area contributed by atoms with E-state index in [-0.39, 0.29) is 17.9 Å². The van der Waals surface area contributed by atoms with Crippen LogP contribution in [-0.4, -0.2) is 38.3 Å². The highest BCUT2D eigenvalue weighted by Crippen LogP contribution is 2.40. The van der Waals surface area contributed by atoms with Crippen LogP contribution < -0.4 is 19.1 Å². The number of rotatable bonds is 6. The lowest BCUT2D eigenvalue weighted by atomic mass is 10.1. The number of methoxy groups -OCH3 is 3. The van der Waals surface area contributed by atoms with Gasteiger partial charge in [0.05, 0.1) is 26.8 Å².